The van der Waals surface area contributed by atoms with E-state index < -0.39 is 14.4 Å². The van der Waals surface area contributed by atoms with Gasteiger partial charge in [-0.25, -0.2) is 4.83 Å². The molecule has 0 spiro atoms. The topological polar surface area (TPSA) is 58.5 Å². The lowest BCUT2D eigenvalue weighted by Crippen LogP contribution is -2.21. The predicted octanol–water partition coefficient (Wildman–Crippen LogP) is 2.84. The van der Waals surface area contributed by atoms with Gasteiger partial charge in [0.05, 0.1) is 11.1 Å². The smallest absolute Gasteiger partial charge is 0.200 e. The Balaban J connectivity index is 2.81. The van der Waals surface area contributed by atoms with Gasteiger partial charge in [-0.3, -0.25) is 0 Å². The molecule has 0 heterocycles. The second-order valence-electron chi connectivity index (χ2n) is 3.78. The van der Waals surface area contributed by atoms with E-state index in [1.165, 1.54) is 12.1 Å². The average molecular weight is 309 g/mol. The molecule has 1 rings (SSSR count). The van der Waals surface area contributed by atoms with Crippen molar-refractivity contribution in [3.05, 3.63) is 29.8 Å². The third kappa shape index (κ3) is 4.48. The fourth-order valence-electron chi connectivity index (χ4n) is 1.05. The molecule has 7 heteroatoms. The first kappa shape index (κ1) is 15.3. The predicted molar refractivity (Wildman–Crippen MR) is 74.7 cm³/mol. The highest BCUT2D eigenvalue weighted by molar-refractivity contribution is 7.89. The summed E-state index contributed by atoms with van der Waals surface area (Å²) in [6.07, 6.45) is 1.58. The Hall–Kier alpha value is -0.780. The lowest BCUT2D eigenvalue weighted by atomic mass is 10.2. The fraction of sp³-hybridized carbons (Fsp3) is 0.364. The highest BCUT2D eigenvalue weighted by Gasteiger charge is 2.19. The molecule has 0 bridgehead atoms. The van der Waals surface area contributed by atoms with Crippen molar-refractivity contribution in [3.8, 4) is 0 Å². The first-order chi connectivity index (χ1) is 8.27. The Morgan fingerprint density at radius 1 is 1.33 bits per heavy atom. The van der Waals surface area contributed by atoms with E-state index in [4.69, 9.17) is 23.2 Å². The van der Waals surface area contributed by atoms with Crippen LogP contribution in [0.3, 0.4) is 0 Å². The lowest BCUT2D eigenvalue weighted by Gasteiger charge is -2.10. The molecular weight excluding hydrogens is 295 g/mol. The summed E-state index contributed by atoms with van der Waals surface area (Å²) < 4.78 is 22.4. The van der Waals surface area contributed by atoms with Gasteiger partial charge in [-0.15, -0.1) is 0 Å². The number of alkyl halides is 2. The molecule has 1 aromatic carbocycles. The van der Waals surface area contributed by atoms with E-state index in [2.05, 4.69) is 9.93 Å². The highest BCUT2D eigenvalue weighted by Crippen LogP contribution is 2.21. The summed E-state index contributed by atoms with van der Waals surface area (Å²) in [6, 6.07) is 6.42. The lowest BCUT2D eigenvalue weighted by molar-refractivity contribution is 0.584. The summed E-state index contributed by atoms with van der Waals surface area (Å²) >= 11 is 11.6. The summed E-state index contributed by atoms with van der Waals surface area (Å²) in [5, 5.41) is 3.56. The molecule has 0 saturated carbocycles. The van der Waals surface area contributed by atoms with Gasteiger partial charge < -0.3 is 0 Å². The summed E-state index contributed by atoms with van der Waals surface area (Å²) in [6.45, 7) is 3.64. The molecule has 0 aliphatic rings. The van der Waals surface area contributed by atoms with Crippen molar-refractivity contribution in [3.63, 3.8) is 0 Å². The van der Waals surface area contributed by atoms with Crippen LogP contribution in [0.1, 0.15) is 18.9 Å². The van der Waals surface area contributed by atoms with Crippen LogP contribution in [0.2, 0.25) is 0 Å². The molecule has 4 nitrogen and oxygen atoms in total. The van der Waals surface area contributed by atoms with Gasteiger partial charge in [0.2, 0.25) is 0 Å². The van der Waals surface area contributed by atoms with E-state index in [0.717, 1.165) is 11.8 Å². The Kier molecular flexibility index (Phi) is 5.01. The van der Waals surface area contributed by atoms with Crippen LogP contribution in [0.15, 0.2) is 34.3 Å². The van der Waals surface area contributed by atoms with E-state index in [1.54, 1.807) is 19.1 Å². The number of hydrazone groups is 1. The van der Waals surface area contributed by atoms with Gasteiger partial charge in [-0.2, -0.15) is 13.5 Å². The van der Waals surface area contributed by atoms with Crippen LogP contribution < -0.4 is 4.83 Å². The monoisotopic (exact) mass is 308 g/mol. The maximum Gasteiger partial charge on any atom is 0.276 e. The second kappa shape index (κ2) is 5.91. The van der Waals surface area contributed by atoms with Crippen molar-refractivity contribution in [2.75, 3.05) is 0 Å². The quantitative estimate of drug-likeness (QED) is 0.516. The fourth-order valence-corrected chi connectivity index (χ4v) is 1.94. The third-order valence-corrected chi connectivity index (χ3v) is 4.20. The average Bonchev–Trinajstić information content (AvgIpc) is 2.29. The minimum Gasteiger partial charge on any atom is -0.200 e. The van der Waals surface area contributed by atoms with Crippen LogP contribution in [-0.2, 0) is 10.0 Å². The van der Waals surface area contributed by atoms with Crippen molar-refractivity contribution < 1.29 is 8.42 Å². The largest absolute Gasteiger partial charge is 0.276 e. The van der Waals surface area contributed by atoms with E-state index in [0.29, 0.717) is 6.42 Å². The molecule has 0 aliphatic carbocycles. The zero-order chi connectivity index (χ0) is 13.8. The first-order valence-electron chi connectivity index (χ1n) is 5.27. The number of nitrogens with zero attached hydrogens (tertiary/aromatic N) is 1. The van der Waals surface area contributed by atoms with Crippen LogP contribution in [0, 0.1) is 6.92 Å². The summed E-state index contributed by atoms with van der Waals surface area (Å²) in [7, 11) is -3.67. The number of aryl methyl sites for hydroxylation is 1. The number of nitrogens with one attached hydrogen (secondary N) is 1. The maximum absolute atomic E-state index is 11.8. The molecule has 0 radical (unpaired) electrons. The second-order valence-corrected chi connectivity index (χ2v) is 6.98. The SMILES string of the molecule is CCC(Cl)(Cl)/C=N/NS(=O)(=O)c1ccc(C)cc1. The van der Waals surface area contributed by atoms with Crippen LogP contribution >= 0.6 is 23.2 Å². The summed E-state index contributed by atoms with van der Waals surface area (Å²) in [5.41, 5.74) is 0.976. The van der Waals surface area contributed by atoms with Crippen molar-refractivity contribution >= 4 is 39.4 Å². The Morgan fingerprint density at radius 2 is 1.89 bits per heavy atom. The van der Waals surface area contributed by atoms with Crippen molar-refractivity contribution in [2.45, 2.75) is 29.5 Å². The van der Waals surface area contributed by atoms with Gasteiger partial charge in [-0.05, 0) is 25.5 Å². The Bertz CT molecular complexity index is 524. The number of benzene rings is 1. The van der Waals surface area contributed by atoms with E-state index >= 15 is 0 Å². The van der Waals surface area contributed by atoms with E-state index in [9.17, 15) is 8.42 Å². The highest BCUT2D eigenvalue weighted by atomic mass is 35.5. The molecule has 0 amide bonds. The normalized spacial score (nSPS) is 12.9. The minimum absolute atomic E-state index is 0.136. The number of sulfonamides is 1. The van der Waals surface area contributed by atoms with Crippen LogP contribution in [0.25, 0.3) is 0 Å². The first-order valence-corrected chi connectivity index (χ1v) is 7.51. The molecule has 1 N–H and O–H groups in total. The molecule has 0 atom stereocenters. The van der Waals surface area contributed by atoms with Crippen molar-refractivity contribution in [1.82, 2.24) is 4.83 Å². The van der Waals surface area contributed by atoms with Crippen molar-refractivity contribution in [2.24, 2.45) is 5.10 Å². The number of rotatable bonds is 5. The molecule has 0 unspecified atom stereocenters. The maximum atomic E-state index is 11.8. The standard InChI is InChI=1S/C11H14Cl2N2O2S/c1-3-11(12,13)8-14-15-18(16,17)10-6-4-9(2)5-7-10/h4-8,15H,3H2,1-2H3/b14-8+. The van der Waals surface area contributed by atoms with Crippen LogP contribution in [-0.4, -0.2) is 19.0 Å². The Labute approximate surface area is 117 Å². The molecule has 18 heavy (non-hydrogen) atoms. The molecule has 0 aliphatic heterocycles. The molecular formula is C11H14Cl2N2O2S. The van der Waals surface area contributed by atoms with E-state index in [-0.39, 0.29) is 4.90 Å². The van der Waals surface area contributed by atoms with Gasteiger partial charge in [0, 0.05) is 0 Å². The van der Waals surface area contributed by atoms with Gasteiger partial charge in [0.25, 0.3) is 10.0 Å². The molecule has 0 fully saturated rings. The summed E-state index contributed by atoms with van der Waals surface area (Å²) in [4.78, 5) is 2.19. The minimum atomic E-state index is -3.67. The number of halogens is 2. The summed E-state index contributed by atoms with van der Waals surface area (Å²) in [5.74, 6) is 0. The van der Waals surface area contributed by atoms with Gasteiger partial charge >= 0.3 is 0 Å². The van der Waals surface area contributed by atoms with Gasteiger partial charge in [-0.1, -0.05) is 47.8 Å². The zero-order valence-corrected chi connectivity index (χ0v) is 12.4. The zero-order valence-electron chi connectivity index (χ0n) is 10.0. The van der Waals surface area contributed by atoms with Crippen molar-refractivity contribution in [1.29, 1.82) is 0 Å². The molecule has 100 valence electrons. The van der Waals surface area contributed by atoms with Gasteiger partial charge in [0.15, 0.2) is 4.33 Å². The number of hydrogen-bond acceptors (Lipinski definition) is 3. The van der Waals surface area contributed by atoms with Crippen LogP contribution in [0.5, 0.6) is 0 Å². The molecule has 1 aromatic rings. The third-order valence-electron chi connectivity index (χ3n) is 2.23. The van der Waals surface area contributed by atoms with E-state index in [1.807, 2.05) is 6.92 Å². The van der Waals surface area contributed by atoms with Crippen LogP contribution in [0.4, 0.5) is 0 Å². The number of hydrogen-bond donors (Lipinski definition) is 1. The molecule has 0 saturated heterocycles. The van der Waals surface area contributed by atoms with Gasteiger partial charge in [0.1, 0.15) is 0 Å². The molecule has 0 aromatic heterocycles. The Morgan fingerprint density at radius 3 is 2.39 bits per heavy atom.